The zero-order valence-electron chi connectivity index (χ0n) is 11.5. The van der Waals surface area contributed by atoms with Gasteiger partial charge in [0.25, 0.3) is 0 Å². The van der Waals surface area contributed by atoms with Crippen LogP contribution in [0.15, 0.2) is 24.3 Å². The maximum absolute atomic E-state index is 12.5. The maximum atomic E-state index is 12.5. The Morgan fingerprint density at radius 3 is 2.58 bits per heavy atom. The van der Waals surface area contributed by atoms with Crippen LogP contribution in [0.2, 0.25) is 0 Å². The van der Waals surface area contributed by atoms with Crippen LogP contribution >= 0.6 is 0 Å². The lowest BCUT2D eigenvalue weighted by atomic mass is 9.87. The highest BCUT2D eigenvalue weighted by Crippen LogP contribution is 2.36. The summed E-state index contributed by atoms with van der Waals surface area (Å²) in [5.74, 6) is -1.04. The van der Waals surface area contributed by atoms with Crippen LogP contribution in [-0.4, -0.2) is 23.5 Å². The molecule has 102 valence electrons. The highest BCUT2D eigenvalue weighted by molar-refractivity contribution is 6.09. The van der Waals surface area contributed by atoms with Gasteiger partial charge in [-0.05, 0) is 37.8 Å². The van der Waals surface area contributed by atoms with E-state index in [1.807, 2.05) is 24.3 Å². The minimum atomic E-state index is -1.40. The maximum Gasteiger partial charge on any atom is 0.318 e. The van der Waals surface area contributed by atoms with E-state index in [-0.39, 0.29) is 5.91 Å². The van der Waals surface area contributed by atoms with Crippen molar-refractivity contribution in [1.29, 1.82) is 0 Å². The van der Waals surface area contributed by atoms with E-state index in [9.17, 15) is 14.7 Å². The van der Waals surface area contributed by atoms with Gasteiger partial charge < -0.3 is 10.0 Å². The van der Waals surface area contributed by atoms with Gasteiger partial charge in [0.1, 0.15) is 5.41 Å². The predicted molar refractivity (Wildman–Crippen MR) is 73.2 cm³/mol. The quantitative estimate of drug-likeness (QED) is 0.833. The zero-order valence-corrected chi connectivity index (χ0v) is 11.5. The highest BCUT2D eigenvalue weighted by Gasteiger charge is 2.41. The zero-order chi connectivity index (χ0) is 14.2. The van der Waals surface area contributed by atoms with Gasteiger partial charge in [-0.2, -0.15) is 0 Å². The van der Waals surface area contributed by atoms with Gasteiger partial charge in [0.05, 0.1) is 0 Å². The molecule has 0 aliphatic carbocycles. The molecule has 2 rings (SSSR count). The number of hydrogen-bond donors (Lipinski definition) is 1. The molecule has 1 N–H and O–H groups in total. The number of nitrogens with zero attached hydrogens (tertiary/aromatic N) is 1. The fraction of sp³-hybridized carbons (Fsp3) is 0.467. The lowest BCUT2D eigenvalue weighted by Crippen LogP contribution is -2.47. The van der Waals surface area contributed by atoms with Crippen LogP contribution in [0.3, 0.4) is 0 Å². The molecule has 1 unspecified atom stereocenters. The van der Waals surface area contributed by atoms with Crippen molar-refractivity contribution in [3.63, 3.8) is 0 Å². The van der Waals surface area contributed by atoms with Crippen LogP contribution in [0.4, 0.5) is 5.69 Å². The van der Waals surface area contributed by atoms with E-state index in [1.54, 1.807) is 4.90 Å². The summed E-state index contributed by atoms with van der Waals surface area (Å²) in [6, 6.07) is 7.73. The molecule has 0 aromatic heterocycles. The molecule has 4 nitrogen and oxygen atoms in total. The summed E-state index contributed by atoms with van der Waals surface area (Å²) < 4.78 is 0. The number of para-hydroxylation sites is 1. The van der Waals surface area contributed by atoms with Gasteiger partial charge in [0, 0.05) is 12.2 Å². The number of benzene rings is 1. The van der Waals surface area contributed by atoms with Crippen molar-refractivity contribution < 1.29 is 14.7 Å². The molecule has 0 saturated carbocycles. The van der Waals surface area contributed by atoms with Crippen LogP contribution < -0.4 is 4.90 Å². The summed E-state index contributed by atoms with van der Waals surface area (Å²) in [6.45, 7) is 5.62. The lowest BCUT2D eigenvalue weighted by Gasteiger charge is -2.36. The van der Waals surface area contributed by atoms with Crippen LogP contribution in [0.25, 0.3) is 0 Å². The Labute approximate surface area is 113 Å². The summed E-state index contributed by atoms with van der Waals surface area (Å²) in [7, 11) is 0. The van der Waals surface area contributed by atoms with Crippen LogP contribution in [0.1, 0.15) is 38.7 Å². The van der Waals surface area contributed by atoms with Gasteiger partial charge in [-0.15, -0.1) is 0 Å². The SMILES string of the molecule is CC1CCN(C(=O)C(C)(C)C(=O)O)c2ccccc21. The second-order valence-corrected chi connectivity index (χ2v) is 5.64. The van der Waals surface area contributed by atoms with Crippen molar-refractivity contribution in [2.24, 2.45) is 5.41 Å². The minimum absolute atomic E-state index is 0.348. The number of carbonyl (C=O) groups is 2. The third-order valence-corrected chi connectivity index (χ3v) is 3.86. The molecule has 0 spiro atoms. The van der Waals surface area contributed by atoms with Gasteiger partial charge in [0.15, 0.2) is 0 Å². The normalized spacial score (nSPS) is 18.9. The summed E-state index contributed by atoms with van der Waals surface area (Å²) in [6.07, 6.45) is 0.860. The van der Waals surface area contributed by atoms with Gasteiger partial charge in [-0.3, -0.25) is 9.59 Å². The summed E-state index contributed by atoms with van der Waals surface area (Å²) in [4.78, 5) is 25.3. The van der Waals surface area contributed by atoms with E-state index in [4.69, 9.17) is 0 Å². The first-order chi connectivity index (χ1) is 8.85. The number of aliphatic carboxylic acids is 1. The van der Waals surface area contributed by atoms with Crippen LogP contribution in [0, 0.1) is 5.41 Å². The number of carboxylic acid groups (broad SMARTS) is 1. The predicted octanol–water partition coefficient (Wildman–Crippen LogP) is 2.64. The Hall–Kier alpha value is -1.84. The Morgan fingerprint density at radius 2 is 1.95 bits per heavy atom. The van der Waals surface area contributed by atoms with Crippen molar-refractivity contribution in [1.82, 2.24) is 0 Å². The third-order valence-electron chi connectivity index (χ3n) is 3.86. The van der Waals surface area contributed by atoms with E-state index in [0.717, 1.165) is 17.7 Å². The second kappa shape index (κ2) is 4.68. The standard InChI is InChI=1S/C15H19NO3/c1-10-8-9-16(12-7-5-4-6-11(10)12)13(17)15(2,3)14(18)19/h4-7,10H,8-9H2,1-3H3,(H,18,19). The largest absolute Gasteiger partial charge is 0.480 e. The molecule has 0 bridgehead atoms. The molecule has 0 saturated heterocycles. The molecule has 1 heterocycles. The van der Waals surface area contributed by atoms with Crippen molar-refractivity contribution in [2.45, 2.75) is 33.1 Å². The molecule has 1 amide bonds. The van der Waals surface area contributed by atoms with Gasteiger partial charge >= 0.3 is 5.97 Å². The molecule has 0 fully saturated rings. The van der Waals surface area contributed by atoms with Crippen molar-refractivity contribution >= 4 is 17.6 Å². The second-order valence-electron chi connectivity index (χ2n) is 5.64. The first kappa shape index (κ1) is 13.6. The first-order valence-corrected chi connectivity index (χ1v) is 6.50. The third kappa shape index (κ3) is 2.23. The number of rotatable bonds is 2. The fourth-order valence-electron chi connectivity index (χ4n) is 2.39. The fourth-order valence-corrected chi connectivity index (χ4v) is 2.39. The number of hydrogen-bond acceptors (Lipinski definition) is 2. The molecule has 1 atom stereocenters. The topological polar surface area (TPSA) is 57.6 Å². The van der Waals surface area contributed by atoms with E-state index < -0.39 is 11.4 Å². The Bertz CT molecular complexity index is 522. The van der Waals surface area contributed by atoms with Gasteiger partial charge in [0.2, 0.25) is 5.91 Å². The molecular formula is C15H19NO3. The average molecular weight is 261 g/mol. The van der Waals surface area contributed by atoms with E-state index >= 15 is 0 Å². The molecule has 1 aliphatic rings. The van der Waals surface area contributed by atoms with Crippen LogP contribution in [-0.2, 0) is 9.59 Å². The summed E-state index contributed by atoms with van der Waals surface area (Å²) in [5.41, 5.74) is 0.567. The molecule has 1 aromatic rings. The monoisotopic (exact) mass is 261 g/mol. The molecule has 19 heavy (non-hydrogen) atoms. The molecule has 0 radical (unpaired) electrons. The van der Waals surface area contributed by atoms with Crippen LogP contribution in [0.5, 0.6) is 0 Å². The molecule has 4 heteroatoms. The first-order valence-electron chi connectivity index (χ1n) is 6.50. The lowest BCUT2D eigenvalue weighted by molar-refractivity contribution is -0.152. The molecule has 1 aromatic carbocycles. The summed E-state index contributed by atoms with van der Waals surface area (Å²) in [5, 5.41) is 9.19. The Kier molecular flexibility index (Phi) is 3.35. The highest BCUT2D eigenvalue weighted by atomic mass is 16.4. The minimum Gasteiger partial charge on any atom is -0.480 e. The Balaban J connectivity index is 2.41. The molecular weight excluding hydrogens is 242 g/mol. The van der Waals surface area contributed by atoms with Gasteiger partial charge in [-0.25, -0.2) is 0 Å². The summed E-state index contributed by atoms with van der Waals surface area (Å²) >= 11 is 0. The average Bonchev–Trinajstić information content (AvgIpc) is 2.38. The number of carbonyl (C=O) groups excluding carboxylic acids is 1. The van der Waals surface area contributed by atoms with Crippen molar-refractivity contribution in [3.05, 3.63) is 29.8 Å². The van der Waals surface area contributed by atoms with Crippen molar-refractivity contribution in [3.8, 4) is 0 Å². The number of fused-ring (bicyclic) bond motifs is 1. The van der Waals surface area contributed by atoms with E-state index in [2.05, 4.69) is 6.92 Å². The number of anilines is 1. The number of carboxylic acids is 1. The smallest absolute Gasteiger partial charge is 0.318 e. The van der Waals surface area contributed by atoms with E-state index in [0.29, 0.717) is 12.5 Å². The number of amides is 1. The van der Waals surface area contributed by atoms with Crippen molar-refractivity contribution in [2.75, 3.05) is 11.4 Å². The Morgan fingerprint density at radius 1 is 1.32 bits per heavy atom. The van der Waals surface area contributed by atoms with Gasteiger partial charge in [-0.1, -0.05) is 25.1 Å². The molecule has 1 aliphatic heterocycles. The van der Waals surface area contributed by atoms with E-state index in [1.165, 1.54) is 13.8 Å².